The Labute approximate surface area is 146 Å². The maximum atomic E-state index is 12.0. The smallest absolute Gasteiger partial charge is 0.320 e. The summed E-state index contributed by atoms with van der Waals surface area (Å²) in [5, 5.41) is 10.1. The van der Waals surface area contributed by atoms with Crippen molar-refractivity contribution in [3.8, 4) is 5.69 Å². The Kier molecular flexibility index (Phi) is 4.83. The van der Waals surface area contributed by atoms with Crippen LogP contribution in [0.15, 0.2) is 43.0 Å². The van der Waals surface area contributed by atoms with Gasteiger partial charge in [-0.25, -0.2) is 14.5 Å². The van der Waals surface area contributed by atoms with Gasteiger partial charge in [0.05, 0.1) is 12.0 Å². The number of rotatable bonds is 5. The minimum Gasteiger partial charge on any atom is -0.336 e. The predicted octanol–water partition coefficient (Wildman–Crippen LogP) is 2.82. The molecule has 3 rings (SSSR count). The summed E-state index contributed by atoms with van der Waals surface area (Å²) in [5.41, 5.74) is 4.30. The Morgan fingerprint density at radius 2 is 1.88 bits per heavy atom. The molecule has 0 atom stereocenters. The van der Waals surface area contributed by atoms with Crippen LogP contribution in [0.4, 0.5) is 10.6 Å². The molecule has 0 saturated heterocycles. The van der Waals surface area contributed by atoms with Crippen LogP contribution in [-0.4, -0.2) is 31.9 Å². The second kappa shape index (κ2) is 7.21. The lowest BCUT2D eigenvalue weighted by atomic mass is 10.1. The van der Waals surface area contributed by atoms with E-state index in [0.717, 1.165) is 11.4 Å². The second-order valence-corrected chi connectivity index (χ2v) is 6.11. The van der Waals surface area contributed by atoms with Gasteiger partial charge in [0.1, 0.15) is 0 Å². The van der Waals surface area contributed by atoms with Gasteiger partial charge >= 0.3 is 6.03 Å². The van der Waals surface area contributed by atoms with E-state index in [4.69, 9.17) is 0 Å². The number of carbonyl (C=O) groups excluding carboxylic acids is 1. The van der Waals surface area contributed by atoms with E-state index in [9.17, 15) is 4.79 Å². The molecule has 0 saturated carbocycles. The third-order valence-electron chi connectivity index (χ3n) is 3.79. The average molecular weight is 338 g/mol. The molecular weight excluding hydrogens is 316 g/mol. The molecule has 0 unspecified atom stereocenters. The zero-order chi connectivity index (χ0) is 17.8. The number of nitrogens with one attached hydrogen (secondary N) is 2. The molecule has 0 bridgehead atoms. The average Bonchev–Trinajstić information content (AvgIpc) is 3.16. The van der Waals surface area contributed by atoms with Gasteiger partial charge in [-0.05, 0) is 44.0 Å². The normalized spacial score (nSPS) is 10.7. The molecule has 2 N–H and O–H groups in total. The Bertz CT molecular complexity index is 846. The first-order chi connectivity index (χ1) is 12.0. The third-order valence-corrected chi connectivity index (χ3v) is 3.79. The molecule has 0 spiro atoms. The van der Waals surface area contributed by atoms with Crippen molar-refractivity contribution < 1.29 is 4.79 Å². The van der Waals surface area contributed by atoms with Gasteiger partial charge < -0.3 is 9.88 Å². The molecule has 2 amide bonds. The number of hydrogen-bond donors (Lipinski definition) is 2. The molecular formula is C18H22N6O. The highest BCUT2D eigenvalue weighted by atomic mass is 16.2. The standard InChI is InChI=1S/C18H22N6O/c1-13-8-14(2)10-16(9-13)24-15(3)11-17(22-24)21-18(25)20-5-7-23-6-4-19-12-23/h4,6,8-12H,5,7H2,1-3H3,(H2,20,21,22,25). The summed E-state index contributed by atoms with van der Waals surface area (Å²) in [6, 6.07) is 7.84. The number of urea groups is 1. The van der Waals surface area contributed by atoms with Gasteiger partial charge in [0.15, 0.2) is 5.82 Å². The number of anilines is 1. The molecule has 2 aromatic heterocycles. The highest BCUT2D eigenvalue weighted by Crippen LogP contribution is 2.17. The van der Waals surface area contributed by atoms with E-state index in [1.54, 1.807) is 12.5 Å². The van der Waals surface area contributed by atoms with Gasteiger partial charge in [-0.3, -0.25) is 5.32 Å². The van der Waals surface area contributed by atoms with Crippen LogP contribution in [0.3, 0.4) is 0 Å². The number of benzene rings is 1. The summed E-state index contributed by atoms with van der Waals surface area (Å²) in [6.45, 7) is 7.26. The number of aryl methyl sites for hydroxylation is 3. The topological polar surface area (TPSA) is 76.8 Å². The van der Waals surface area contributed by atoms with Gasteiger partial charge in [0, 0.05) is 37.2 Å². The molecule has 1 aromatic carbocycles. The Balaban J connectivity index is 1.62. The number of hydrogen-bond acceptors (Lipinski definition) is 3. The minimum atomic E-state index is -0.273. The zero-order valence-electron chi connectivity index (χ0n) is 14.7. The Morgan fingerprint density at radius 3 is 2.56 bits per heavy atom. The molecule has 25 heavy (non-hydrogen) atoms. The van der Waals surface area contributed by atoms with Crippen molar-refractivity contribution in [3.63, 3.8) is 0 Å². The van der Waals surface area contributed by atoms with Gasteiger partial charge in [-0.15, -0.1) is 5.10 Å². The van der Waals surface area contributed by atoms with Crippen LogP contribution in [0.2, 0.25) is 0 Å². The Morgan fingerprint density at radius 1 is 1.12 bits per heavy atom. The van der Waals surface area contributed by atoms with Gasteiger partial charge in [0.25, 0.3) is 0 Å². The van der Waals surface area contributed by atoms with Crippen LogP contribution >= 0.6 is 0 Å². The highest BCUT2D eigenvalue weighted by Gasteiger charge is 2.09. The van der Waals surface area contributed by atoms with Crippen LogP contribution in [-0.2, 0) is 6.54 Å². The molecule has 0 aliphatic carbocycles. The van der Waals surface area contributed by atoms with E-state index < -0.39 is 0 Å². The fourth-order valence-electron chi connectivity index (χ4n) is 2.75. The van der Waals surface area contributed by atoms with Crippen LogP contribution < -0.4 is 10.6 Å². The molecule has 3 aromatic rings. The van der Waals surface area contributed by atoms with E-state index in [2.05, 4.69) is 52.8 Å². The van der Waals surface area contributed by atoms with Crippen molar-refractivity contribution in [2.45, 2.75) is 27.3 Å². The number of imidazole rings is 1. The minimum absolute atomic E-state index is 0.273. The van der Waals surface area contributed by atoms with Crippen LogP contribution in [0, 0.1) is 20.8 Å². The quantitative estimate of drug-likeness (QED) is 0.751. The van der Waals surface area contributed by atoms with E-state index >= 15 is 0 Å². The van der Waals surface area contributed by atoms with Crippen molar-refractivity contribution in [1.29, 1.82) is 0 Å². The van der Waals surface area contributed by atoms with E-state index in [-0.39, 0.29) is 6.03 Å². The summed E-state index contributed by atoms with van der Waals surface area (Å²) in [7, 11) is 0. The first kappa shape index (κ1) is 16.8. The third kappa shape index (κ3) is 4.26. The summed E-state index contributed by atoms with van der Waals surface area (Å²) in [4.78, 5) is 16.0. The maximum absolute atomic E-state index is 12.0. The molecule has 2 heterocycles. The summed E-state index contributed by atoms with van der Waals surface area (Å²) < 4.78 is 3.74. The fraction of sp³-hybridized carbons (Fsp3) is 0.278. The Hall–Kier alpha value is -3.09. The lowest BCUT2D eigenvalue weighted by Crippen LogP contribution is -2.31. The van der Waals surface area contributed by atoms with Gasteiger partial charge in [0.2, 0.25) is 0 Å². The number of amides is 2. The van der Waals surface area contributed by atoms with E-state index in [1.165, 1.54) is 11.1 Å². The van der Waals surface area contributed by atoms with Crippen molar-refractivity contribution in [2.24, 2.45) is 0 Å². The largest absolute Gasteiger partial charge is 0.336 e. The molecule has 7 nitrogen and oxygen atoms in total. The molecule has 7 heteroatoms. The lowest BCUT2D eigenvalue weighted by Gasteiger charge is -2.07. The first-order valence-electron chi connectivity index (χ1n) is 8.17. The van der Waals surface area contributed by atoms with Crippen molar-refractivity contribution in [1.82, 2.24) is 24.6 Å². The van der Waals surface area contributed by atoms with Crippen LogP contribution in [0.1, 0.15) is 16.8 Å². The van der Waals surface area contributed by atoms with Gasteiger partial charge in [-0.2, -0.15) is 0 Å². The van der Waals surface area contributed by atoms with Crippen molar-refractivity contribution in [2.75, 3.05) is 11.9 Å². The van der Waals surface area contributed by atoms with Gasteiger partial charge in [-0.1, -0.05) is 6.07 Å². The van der Waals surface area contributed by atoms with E-state index in [0.29, 0.717) is 18.9 Å². The fourth-order valence-corrected chi connectivity index (χ4v) is 2.75. The zero-order valence-corrected chi connectivity index (χ0v) is 14.7. The van der Waals surface area contributed by atoms with E-state index in [1.807, 2.05) is 28.4 Å². The lowest BCUT2D eigenvalue weighted by molar-refractivity contribution is 0.251. The highest BCUT2D eigenvalue weighted by molar-refractivity contribution is 5.88. The molecule has 0 fully saturated rings. The van der Waals surface area contributed by atoms with Crippen LogP contribution in [0.25, 0.3) is 5.69 Å². The molecule has 0 aliphatic rings. The second-order valence-electron chi connectivity index (χ2n) is 6.11. The maximum Gasteiger partial charge on any atom is 0.320 e. The molecule has 0 radical (unpaired) electrons. The number of nitrogens with zero attached hydrogens (tertiary/aromatic N) is 4. The van der Waals surface area contributed by atoms with Crippen molar-refractivity contribution >= 4 is 11.8 Å². The summed E-state index contributed by atoms with van der Waals surface area (Å²) in [5.74, 6) is 0.525. The number of aromatic nitrogens is 4. The monoisotopic (exact) mass is 338 g/mol. The van der Waals surface area contributed by atoms with Crippen LogP contribution in [0.5, 0.6) is 0 Å². The summed E-state index contributed by atoms with van der Waals surface area (Å²) >= 11 is 0. The summed E-state index contributed by atoms with van der Waals surface area (Å²) in [6.07, 6.45) is 5.28. The molecule has 0 aliphatic heterocycles. The SMILES string of the molecule is Cc1cc(C)cc(-n2nc(NC(=O)NCCn3ccnc3)cc2C)c1. The first-order valence-corrected chi connectivity index (χ1v) is 8.17. The van der Waals surface area contributed by atoms with Crippen molar-refractivity contribution in [3.05, 3.63) is 59.8 Å². The molecule has 130 valence electrons. The predicted molar refractivity (Wildman–Crippen MR) is 97.0 cm³/mol. The number of carbonyl (C=O) groups is 1.